The maximum absolute atomic E-state index is 4.91. The van der Waals surface area contributed by atoms with E-state index in [4.69, 9.17) is 4.98 Å². The average Bonchev–Trinajstić information content (AvgIpc) is 2.62. The maximum atomic E-state index is 4.91. The van der Waals surface area contributed by atoms with Crippen LogP contribution in [0.25, 0.3) is 22.6 Å². The molecule has 3 heteroatoms. The molecule has 2 aromatic heterocycles. The normalized spacial score (nSPS) is 13.6. The van der Waals surface area contributed by atoms with Crippen LogP contribution in [0.2, 0.25) is 0 Å². The van der Waals surface area contributed by atoms with Gasteiger partial charge in [-0.1, -0.05) is 30.3 Å². The van der Waals surface area contributed by atoms with Gasteiger partial charge < -0.3 is 0 Å². The number of benzene rings is 1. The van der Waals surface area contributed by atoms with Gasteiger partial charge in [0.2, 0.25) is 0 Å². The highest BCUT2D eigenvalue weighted by Gasteiger charge is 2.19. The summed E-state index contributed by atoms with van der Waals surface area (Å²) in [7, 11) is 0. The van der Waals surface area contributed by atoms with Gasteiger partial charge in [-0.2, -0.15) is 0 Å². The van der Waals surface area contributed by atoms with Crippen molar-refractivity contribution in [3.63, 3.8) is 0 Å². The summed E-state index contributed by atoms with van der Waals surface area (Å²) in [6.07, 6.45) is 8.17. The first-order chi connectivity index (χ1) is 10.9. The molecule has 0 atom stereocenters. The SMILES string of the molecule is c1ccc(-c2cc(-c3ncccn3)c3c(n2)CCCC3)cc1. The second-order valence-electron chi connectivity index (χ2n) is 5.63. The highest BCUT2D eigenvalue weighted by Crippen LogP contribution is 2.32. The lowest BCUT2D eigenvalue weighted by Crippen LogP contribution is -2.09. The Morgan fingerprint density at radius 2 is 1.59 bits per heavy atom. The molecule has 1 aliphatic carbocycles. The van der Waals surface area contributed by atoms with Crippen LogP contribution in [-0.2, 0) is 12.8 Å². The molecule has 0 fully saturated rings. The predicted octanol–water partition coefficient (Wildman–Crippen LogP) is 4.08. The van der Waals surface area contributed by atoms with Crippen molar-refractivity contribution < 1.29 is 0 Å². The molecule has 0 bridgehead atoms. The van der Waals surface area contributed by atoms with Gasteiger partial charge in [-0.15, -0.1) is 0 Å². The van der Waals surface area contributed by atoms with E-state index < -0.39 is 0 Å². The van der Waals surface area contributed by atoms with E-state index in [1.807, 2.05) is 12.1 Å². The zero-order valence-electron chi connectivity index (χ0n) is 12.4. The van der Waals surface area contributed by atoms with Gasteiger partial charge in [0, 0.05) is 29.2 Å². The molecule has 0 saturated heterocycles. The molecule has 3 aromatic rings. The number of hydrogen-bond donors (Lipinski definition) is 0. The summed E-state index contributed by atoms with van der Waals surface area (Å²) < 4.78 is 0. The zero-order valence-corrected chi connectivity index (χ0v) is 12.4. The highest BCUT2D eigenvalue weighted by atomic mass is 14.9. The van der Waals surface area contributed by atoms with Gasteiger partial charge in [0.1, 0.15) is 0 Å². The van der Waals surface area contributed by atoms with E-state index in [0.717, 1.165) is 35.5 Å². The highest BCUT2D eigenvalue weighted by molar-refractivity contribution is 5.70. The van der Waals surface area contributed by atoms with E-state index in [2.05, 4.69) is 40.3 Å². The summed E-state index contributed by atoms with van der Waals surface area (Å²) in [6, 6.07) is 14.3. The minimum Gasteiger partial charge on any atom is -0.253 e. The van der Waals surface area contributed by atoms with Crippen LogP contribution in [-0.4, -0.2) is 15.0 Å². The summed E-state index contributed by atoms with van der Waals surface area (Å²) >= 11 is 0. The lowest BCUT2D eigenvalue weighted by molar-refractivity contribution is 0.669. The summed E-state index contributed by atoms with van der Waals surface area (Å²) in [6.45, 7) is 0. The Morgan fingerprint density at radius 1 is 0.818 bits per heavy atom. The predicted molar refractivity (Wildman–Crippen MR) is 87.3 cm³/mol. The standard InChI is InChI=1S/C19H17N3/c1-2-7-14(8-3-1)18-13-16(19-20-11-6-12-21-19)15-9-4-5-10-17(15)22-18/h1-3,6-8,11-13H,4-5,9-10H2. The minimum atomic E-state index is 0.806. The van der Waals surface area contributed by atoms with Gasteiger partial charge in [-0.05, 0) is 43.4 Å². The molecule has 22 heavy (non-hydrogen) atoms. The van der Waals surface area contributed by atoms with E-state index in [0.29, 0.717) is 0 Å². The number of fused-ring (bicyclic) bond motifs is 1. The molecule has 1 aliphatic rings. The van der Waals surface area contributed by atoms with Gasteiger partial charge >= 0.3 is 0 Å². The Hall–Kier alpha value is -2.55. The van der Waals surface area contributed by atoms with E-state index >= 15 is 0 Å². The third-order valence-electron chi connectivity index (χ3n) is 4.18. The second kappa shape index (κ2) is 5.68. The molecule has 0 radical (unpaired) electrons. The van der Waals surface area contributed by atoms with E-state index in [9.17, 15) is 0 Å². The molecule has 0 saturated carbocycles. The van der Waals surface area contributed by atoms with Crippen molar-refractivity contribution in [1.82, 2.24) is 15.0 Å². The van der Waals surface area contributed by atoms with Crippen molar-refractivity contribution >= 4 is 0 Å². The van der Waals surface area contributed by atoms with Crippen molar-refractivity contribution in [2.45, 2.75) is 25.7 Å². The van der Waals surface area contributed by atoms with Gasteiger partial charge in [-0.3, -0.25) is 4.98 Å². The number of aromatic nitrogens is 3. The van der Waals surface area contributed by atoms with E-state index in [1.165, 1.54) is 24.1 Å². The monoisotopic (exact) mass is 287 g/mol. The van der Waals surface area contributed by atoms with Crippen molar-refractivity contribution in [1.29, 1.82) is 0 Å². The van der Waals surface area contributed by atoms with E-state index in [-0.39, 0.29) is 0 Å². The topological polar surface area (TPSA) is 38.7 Å². The lowest BCUT2D eigenvalue weighted by atomic mass is 9.90. The quantitative estimate of drug-likeness (QED) is 0.712. The van der Waals surface area contributed by atoms with E-state index in [1.54, 1.807) is 12.4 Å². The van der Waals surface area contributed by atoms with Crippen molar-refractivity contribution in [2.75, 3.05) is 0 Å². The first-order valence-corrected chi connectivity index (χ1v) is 7.77. The van der Waals surface area contributed by atoms with Crippen molar-refractivity contribution in [2.24, 2.45) is 0 Å². The molecule has 0 spiro atoms. The maximum Gasteiger partial charge on any atom is 0.159 e. The Balaban J connectivity index is 1.92. The molecular formula is C19H17N3. The smallest absolute Gasteiger partial charge is 0.159 e. The average molecular weight is 287 g/mol. The fourth-order valence-electron chi connectivity index (χ4n) is 3.10. The molecule has 0 aliphatic heterocycles. The van der Waals surface area contributed by atoms with Crippen LogP contribution in [0, 0.1) is 0 Å². The molecule has 2 heterocycles. The van der Waals surface area contributed by atoms with Crippen molar-refractivity contribution in [3.8, 4) is 22.6 Å². The third-order valence-corrected chi connectivity index (χ3v) is 4.18. The third kappa shape index (κ3) is 2.39. The molecular weight excluding hydrogens is 270 g/mol. The van der Waals surface area contributed by atoms with Crippen LogP contribution in [0.3, 0.4) is 0 Å². The first kappa shape index (κ1) is 13.1. The Labute approximate surface area is 130 Å². The lowest BCUT2D eigenvalue weighted by Gasteiger charge is -2.19. The van der Waals surface area contributed by atoms with Crippen LogP contribution < -0.4 is 0 Å². The molecule has 0 N–H and O–H groups in total. The Kier molecular flexibility index (Phi) is 3.39. The number of aryl methyl sites for hydroxylation is 1. The largest absolute Gasteiger partial charge is 0.253 e. The summed E-state index contributed by atoms with van der Waals surface area (Å²) in [4.78, 5) is 13.8. The number of pyridine rings is 1. The van der Waals surface area contributed by atoms with Gasteiger partial charge in [0.15, 0.2) is 5.82 Å². The van der Waals surface area contributed by atoms with Crippen molar-refractivity contribution in [3.05, 3.63) is 66.1 Å². The van der Waals surface area contributed by atoms with Gasteiger partial charge in [-0.25, -0.2) is 9.97 Å². The fraction of sp³-hybridized carbons (Fsp3) is 0.211. The Bertz CT molecular complexity index is 783. The molecule has 0 amide bonds. The zero-order chi connectivity index (χ0) is 14.8. The van der Waals surface area contributed by atoms with Gasteiger partial charge in [0.25, 0.3) is 0 Å². The summed E-state index contributed by atoms with van der Waals surface area (Å²) in [5, 5.41) is 0. The summed E-state index contributed by atoms with van der Waals surface area (Å²) in [5.74, 6) is 0.806. The molecule has 3 nitrogen and oxygen atoms in total. The summed E-state index contributed by atoms with van der Waals surface area (Å²) in [5.41, 5.74) is 5.85. The fourth-order valence-corrected chi connectivity index (χ4v) is 3.10. The van der Waals surface area contributed by atoms with Crippen LogP contribution in [0.5, 0.6) is 0 Å². The number of nitrogens with zero attached hydrogens (tertiary/aromatic N) is 3. The van der Waals surface area contributed by atoms with Crippen LogP contribution in [0.1, 0.15) is 24.1 Å². The molecule has 4 rings (SSSR count). The van der Waals surface area contributed by atoms with Gasteiger partial charge in [0.05, 0.1) is 5.69 Å². The Morgan fingerprint density at radius 3 is 2.41 bits per heavy atom. The number of hydrogen-bond acceptors (Lipinski definition) is 3. The van der Waals surface area contributed by atoms with Crippen LogP contribution in [0.15, 0.2) is 54.9 Å². The number of rotatable bonds is 2. The molecule has 108 valence electrons. The second-order valence-corrected chi connectivity index (χ2v) is 5.63. The molecule has 1 aromatic carbocycles. The first-order valence-electron chi connectivity index (χ1n) is 7.77. The van der Waals surface area contributed by atoms with Crippen LogP contribution >= 0.6 is 0 Å². The molecule has 0 unspecified atom stereocenters. The van der Waals surface area contributed by atoms with Crippen LogP contribution in [0.4, 0.5) is 0 Å². The minimum absolute atomic E-state index is 0.806.